The van der Waals surface area contributed by atoms with Crippen LogP contribution >= 0.6 is 17.0 Å². The summed E-state index contributed by atoms with van der Waals surface area (Å²) in [6.45, 7) is 6.40. The molecule has 10 heavy (non-hydrogen) atoms. The Morgan fingerprint density at radius 1 is 1.40 bits per heavy atom. The van der Waals surface area contributed by atoms with Crippen LogP contribution in [0.3, 0.4) is 0 Å². The van der Waals surface area contributed by atoms with Crippen LogP contribution in [0.1, 0.15) is 13.8 Å². The summed E-state index contributed by atoms with van der Waals surface area (Å²) in [6, 6.07) is 2.06. The van der Waals surface area contributed by atoms with E-state index in [1.807, 2.05) is 0 Å². The Morgan fingerprint density at radius 3 is 2.50 bits per heavy atom. The van der Waals surface area contributed by atoms with E-state index < -0.39 is 0 Å². The number of hydrogen-bond donors (Lipinski definition) is 0. The maximum absolute atomic E-state index is 2.18. The molecule has 0 aliphatic rings. The fraction of sp³-hybridized carbons (Fsp3) is 0.571. The lowest BCUT2D eigenvalue weighted by molar-refractivity contribution is -0.772. The van der Waals surface area contributed by atoms with E-state index in [0.717, 1.165) is 13.1 Å². The van der Waals surface area contributed by atoms with Crippen molar-refractivity contribution in [2.75, 3.05) is 0 Å². The van der Waals surface area contributed by atoms with Crippen molar-refractivity contribution in [3.05, 3.63) is 18.5 Å². The van der Waals surface area contributed by atoms with Crippen LogP contribution in [0.4, 0.5) is 0 Å². The number of nitrogens with zero attached hydrogens (tertiary/aromatic N) is 2. The molecular formula is C7H14BrN2+. The fourth-order valence-corrected chi connectivity index (χ4v) is 0.983. The standard InChI is InChI=1S/C7H13N2.BrH/c1-3-8-6-5-7-9(8)4-2;/h5-7H,3-4H2,1-2H3;1H/q+1;. The van der Waals surface area contributed by atoms with Gasteiger partial charge in [0.1, 0.15) is 0 Å². The molecule has 0 unspecified atom stereocenters. The molecule has 0 aliphatic carbocycles. The van der Waals surface area contributed by atoms with Crippen molar-refractivity contribution in [2.45, 2.75) is 26.9 Å². The second kappa shape index (κ2) is 4.50. The minimum absolute atomic E-state index is 0. The maximum Gasteiger partial charge on any atom is 0.195 e. The van der Waals surface area contributed by atoms with E-state index in [9.17, 15) is 0 Å². The third-order valence-electron chi connectivity index (χ3n) is 1.49. The van der Waals surface area contributed by atoms with Crippen LogP contribution in [0.15, 0.2) is 18.5 Å². The first-order valence-electron chi connectivity index (χ1n) is 3.43. The number of rotatable bonds is 2. The summed E-state index contributed by atoms with van der Waals surface area (Å²) in [6.07, 6.45) is 4.17. The van der Waals surface area contributed by atoms with Crippen LogP contribution in [0.25, 0.3) is 0 Å². The molecule has 0 aromatic carbocycles. The van der Waals surface area contributed by atoms with E-state index in [0.29, 0.717) is 0 Å². The maximum atomic E-state index is 2.18. The average Bonchev–Trinajstić information content (AvgIpc) is 2.33. The predicted octanol–water partition coefficient (Wildman–Crippen LogP) is 1.39. The van der Waals surface area contributed by atoms with Crippen molar-refractivity contribution in [1.82, 2.24) is 4.68 Å². The molecule has 1 heterocycles. The monoisotopic (exact) mass is 205 g/mol. The first kappa shape index (κ1) is 9.69. The van der Waals surface area contributed by atoms with Gasteiger partial charge in [0.2, 0.25) is 0 Å². The molecule has 0 saturated carbocycles. The summed E-state index contributed by atoms with van der Waals surface area (Å²) in [7, 11) is 0. The lowest BCUT2D eigenvalue weighted by Crippen LogP contribution is -2.40. The Morgan fingerprint density at radius 2 is 2.10 bits per heavy atom. The molecule has 0 spiro atoms. The zero-order chi connectivity index (χ0) is 6.69. The summed E-state index contributed by atoms with van der Waals surface area (Å²) in [5.41, 5.74) is 0. The Labute approximate surface area is 72.2 Å². The van der Waals surface area contributed by atoms with Crippen molar-refractivity contribution in [1.29, 1.82) is 0 Å². The minimum atomic E-state index is 0. The van der Waals surface area contributed by atoms with Crippen molar-refractivity contribution in [3.8, 4) is 0 Å². The van der Waals surface area contributed by atoms with Crippen LogP contribution in [-0.4, -0.2) is 4.68 Å². The van der Waals surface area contributed by atoms with Crippen LogP contribution in [-0.2, 0) is 13.1 Å². The first-order valence-corrected chi connectivity index (χ1v) is 3.43. The van der Waals surface area contributed by atoms with Crippen molar-refractivity contribution in [2.24, 2.45) is 0 Å². The summed E-state index contributed by atoms with van der Waals surface area (Å²) in [5.74, 6) is 0. The number of aryl methyl sites for hydroxylation is 2. The average molecular weight is 206 g/mol. The van der Waals surface area contributed by atoms with Gasteiger partial charge in [0, 0.05) is 6.07 Å². The molecule has 1 aromatic heterocycles. The van der Waals surface area contributed by atoms with E-state index in [1.165, 1.54) is 0 Å². The van der Waals surface area contributed by atoms with E-state index in [1.54, 1.807) is 0 Å². The Bertz CT molecular complexity index is 165. The lowest BCUT2D eigenvalue weighted by atomic mass is 10.7. The van der Waals surface area contributed by atoms with Gasteiger partial charge in [-0.05, 0) is 13.8 Å². The summed E-state index contributed by atoms with van der Waals surface area (Å²) in [5, 5.41) is 0. The van der Waals surface area contributed by atoms with Gasteiger partial charge in [0.05, 0.1) is 12.7 Å². The van der Waals surface area contributed by atoms with Crippen LogP contribution in [0.5, 0.6) is 0 Å². The Kier molecular flexibility index (Phi) is 4.36. The van der Waals surface area contributed by atoms with Crippen molar-refractivity contribution < 1.29 is 4.68 Å². The van der Waals surface area contributed by atoms with Crippen LogP contribution < -0.4 is 4.68 Å². The number of aromatic nitrogens is 2. The first-order chi connectivity index (χ1) is 4.38. The molecule has 0 N–H and O–H groups in total. The molecule has 1 rings (SSSR count). The summed E-state index contributed by atoms with van der Waals surface area (Å²) < 4.78 is 4.36. The highest BCUT2D eigenvalue weighted by atomic mass is 79.9. The summed E-state index contributed by atoms with van der Waals surface area (Å²) >= 11 is 0. The third-order valence-corrected chi connectivity index (χ3v) is 1.49. The van der Waals surface area contributed by atoms with Gasteiger partial charge in [-0.25, -0.2) is 0 Å². The fourth-order valence-electron chi connectivity index (χ4n) is 0.983. The van der Waals surface area contributed by atoms with E-state index in [-0.39, 0.29) is 17.0 Å². The van der Waals surface area contributed by atoms with Gasteiger partial charge in [-0.3, -0.25) is 0 Å². The van der Waals surface area contributed by atoms with Crippen molar-refractivity contribution in [3.63, 3.8) is 0 Å². The molecule has 0 saturated heterocycles. The molecule has 58 valence electrons. The van der Waals surface area contributed by atoms with E-state index >= 15 is 0 Å². The molecule has 1 aromatic rings. The number of hydrogen-bond acceptors (Lipinski definition) is 0. The Balaban J connectivity index is 0.000000810. The third kappa shape index (κ3) is 1.84. The normalized spacial score (nSPS) is 9.00. The quantitative estimate of drug-likeness (QED) is 0.646. The minimum Gasteiger partial charge on any atom is -0.161 e. The molecule has 0 amide bonds. The van der Waals surface area contributed by atoms with Gasteiger partial charge in [-0.1, -0.05) is 0 Å². The zero-order valence-corrected chi connectivity index (χ0v) is 8.16. The smallest absolute Gasteiger partial charge is 0.161 e. The van der Waals surface area contributed by atoms with Crippen LogP contribution in [0, 0.1) is 0 Å². The molecule has 0 fully saturated rings. The second-order valence-electron chi connectivity index (χ2n) is 2.00. The molecule has 0 radical (unpaired) electrons. The van der Waals surface area contributed by atoms with Gasteiger partial charge < -0.3 is 0 Å². The van der Waals surface area contributed by atoms with Gasteiger partial charge in [0.15, 0.2) is 12.7 Å². The highest BCUT2D eigenvalue weighted by Gasteiger charge is 1.99. The SMILES string of the molecule is Br.CCn1ccc[n+]1CC. The predicted molar refractivity (Wildman–Crippen MR) is 46.3 cm³/mol. The lowest BCUT2D eigenvalue weighted by Gasteiger charge is -1.93. The van der Waals surface area contributed by atoms with Gasteiger partial charge in [-0.2, -0.15) is 4.68 Å². The topological polar surface area (TPSA) is 8.81 Å². The van der Waals surface area contributed by atoms with Gasteiger partial charge in [0.25, 0.3) is 0 Å². The van der Waals surface area contributed by atoms with E-state index in [4.69, 9.17) is 0 Å². The van der Waals surface area contributed by atoms with Gasteiger partial charge >= 0.3 is 0 Å². The highest BCUT2D eigenvalue weighted by Crippen LogP contribution is 1.80. The Hall–Kier alpha value is -0.310. The summed E-state index contributed by atoms with van der Waals surface area (Å²) in [4.78, 5) is 0. The van der Waals surface area contributed by atoms with Crippen LogP contribution in [0.2, 0.25) is 0 Å². The van der Waals surface area contributed by atoms with Gasteiger partial charge in [-0.15, -0.1) is 21.7 Å². The van der Waals surface area contributed by atoms with Crippen molar-refractivity contribution >= 4 is 17.0 Å². The zero-order valence-electron chi connectivity index (χ0n) is 6.45. The highest BCUT2D eigenvalue weighted by molar-refractivity contribution is 8.93. The largest absolute Gasteiger partial charge is 0.195 e. The second-order valence-corrected chi connectivity index (χ2v) is 2.00. The molecule has 3 heteroatoms. The molecule has 0 atom stereocenters. The molecular weight excluding hydrogens is 192 g/mol. The van der Waals surface area contributed by atoms with E-state index in [2.05, 4.69) is 41.7 Å². The number of halogens is 1. The molecule has 0 bridgehead atoms. The molecule has 0 aliphatic heterocycles. The molecule has 2 nitrogen and oxygen atoms in total.